The molecule has 0 spiro atoms. The van der Waals surface area contributed by atoms with E-state index < -0.39 is 0 Å². The Kier molecular flexibility index (Phi) is 3.30. The Hall–Kier alpha value is -0.870. The molecule has 0 aliphatic heterocycles. The summed E-state index contributed by atoms with van der Waals surface area (Å²) in [6.45, 7) is 4.22. The normalized spacial score (nSPS) is 15.2. The molecule has 1 heterocycles. The van der Waals surface area contributed by atoms with Gasteiger partial charge < -0.3 is 10.2 Å². The molecule has 2 atom stereocenters. The largest absolute Gasteiger partial charge is 0.439 e. The molecule has 1 aromatic carbocycles. The zero-order valence-electron chi connectivity index (χ0n) is 9.40. The molecule has 2 aromatic rings. The molecule has 16 heavy (non-hydrogen) atoms. The number of nitrogens with two attached hydrogens (primary N) is 1. The van der Waals surface area contributed by atoms with E-state index in [1.807, 2.05) is 18.2 Å². The molecule has 1 aromatic heterocycles. The van der Waals surface area contributed by atoms with Crippen LogP contribution >= 0.6 is 15.9 Å². The van der Waals surface area contributed by atoms with Gasteiger partial charge in [-0.3, -0.25) is 0 Å². The van der Waals surface area contributed by atoms with Crippen LogP contribution in [0, 0.1) is 5.92 Å². The molecule has 0 aliphatic carbocycles. The molecule has 3 nitrogen and oxygen atoms in total. The highest BCUT2D eigenvalue weighted by Gasteiger charge is 2.19. The molecule has 0 aliphatic rings. The second-order valence-electron chi connectivity index (χ2n) is 4.08. The summed E-state index contributed by atoms with van der Waals surface area (Å²) in [7, 11) is 0. The van der Waals surface area contributed by atoms with Crippen molar-refractivity contribution in [3.05, 3.63) is 28.6 Å². The molecule has 0 amide bonds. The van der Waals surface area contributed by atoms with E-state index in [4.69, 9.17) is 10.2 Å². The summed E-state index contributed by atoms with van der Waals surface area (Å²) < 4.78 is 6.65. The van der Waals surface area contributed by atoms with E-state index in [1.54, 1.807) is 0 Å². The van der Waals surface area contributed by atoms with Gasteiger partial charge in [-0.25, -0.2) is 4.98 Å². The summed E-state index contributed by atoms with van der Waals surface area (Å²) in [5.41, 5.74) is 7.72. The van der Waals surface area contributed by atoms with E-state index in [-0.39, 0.29) is 6.04 Å². The van der Waals surface area contributed by atoms with Crippen LogP contribution in [-0.4, -0.2) is 4.98 Å². The van der Waals surface area contributed by atoms with E-state index in [2.05, 4.69) is 34.8 Å². The lowest BCUT2D eigenvalue weighted by molar-refractivity contribution is 0.375. The van der Waals surface area contributed by atoms with Gasteiger partial charge in [0.2, 0.25) is 5.89 Å². The average Bonchev–Trinajstić information content (AvgIpc) is 2.69. The number of aromatic nitrogens is 1. The van der Waals surface area contributed by atoms with Gasteiger partial charge in [0, 0.05) is 4.47 Å². The lowest BCUT2D eigenvalue weighted by Gasteiger charge is -2.13. The van der Waals surface area contributed by atoms with Gasteiger partial charge in [0.05, 0.1) is 6.04 Å². The van der Waals surface area contributed by atoms with Crippen molar-refractivity contribution < 1.29 is 4.42 Å². The number of oxazole rings is 1. The zero-order chi connectivity index (χ0) is 11.7. The third-order valence-electron chi connectivity index (χ3n) is 2.91. The summed E-state index contributed by atoms with van der Waals surface area (Å²) in [5.74, 6) is 0.999. The van der Waals surface area contributed by atoms with E-state index in [0.29, 0.717) is 11.8 Å². The van der Waals surface area contributed by atoms with Crippen LogP contribution in [0.15, 0.2) is 27.1 Å². The lowest BCUT2D eigenvalue weighted by atomic mass is 10.0. The van der Waals surface area contributed by atoms with Gasteiger partial charge in [0.25, 0.3) is 0 Å². The number of nitrogens with zero attached hydrogens (tertiary/aromatic N) is 1. The van der Waals surface area contributed by atoms with Crippen molar-refractivity contribution >= 4 is 27.0 Å². The number of rotatable bonds is 3. The van der Waals surface area contributed by atoms with Gasteiger partial charge >= 0.3 is 0 Å². The van der Waals surface area contributed by atoms with Crippen molar-refractivity contribution in [1.82, 2.24) is 4.98 Å². The SMILES string of the molecule is CCC(C)C(N)c1nc2cc(Br)ccc2o1. The van der Waals surface area contributed by atoms with Gasteiger partial charge in [-0.1, -0.05) is 36.2 Å². The third kappa shape index (κ3) is 2.13. The monoisotopic (exact) mass is 282 g/mol. The quantitative estimate of drug-likeness (QED) is 0.935. The van der Waals surface area contributed by atoms with Crippen LogP contribution in [0.5, 0.6) is 0 Å². The standard InChI is InChI=1S/C12H15BrN2O/c1-3-7(2)11(14)12-15-9-6-8(13)4-5-10(9)16-12/h4-7,11H,3,14H2,1-2H3. The minimum absolute atomic E-state index is 0.129. The van der Waals surface area contributed by atoms with Crippen molar-refractivity contribution in [2.24, 2.45) is 11.7 Å². The first-order chi connectivity index (χ1) is 7.61. The number of benzene rings is 1. The van der Waals surface area contributed by atoms with E-state index in [0.717, 1.165) is 22.0 Å². The Morgan fingerprint density at radius 3 is 2.94 bits per heavy atom. The van der Waals surface area contributed by atoms with Gasteiger partial charge in [0.15, 0.2) is 5.58 Å². The topological polar surface area (TPSA) is 52.0 Å². The molecule has 2 N–H and O–H groups in total. The minimum Gasteiger partial charge on any atom is -0.439 e. The Labute approximate surface area is 103 Å². The molecule has 2 rings (SSSR count). The van der Waals surface area contributed by atoms with Crippen LogP contribution < -0.4 is 5.73 Å². The van der Waals surface area contributed by atoms with E-state index >= 15 is 0 Å². The van der Waals surface area contributed by atoms with Crippen LogP contribution in [0.25, 0.3) is 11.1 Å². The van der Waals surface area contributed by atoms with Crippen molar-refractivity contribution in [3.8, 4) is 0 Å². The smallest absolute Gasteiger partial charge is 0.212 e. The minimum atomic E-state index is -0.129. The van der Waals surface area contributed by atoms with Crippen LogP contribution in [0.3, 0.4) is 0 Å². The van der Waals surface area contributed by atoms with Crippen LogP contribution in [0.1, 0.15) is 32.2 Å². The third-order valence-corrected chi connectivity index (χ3v) is 3.40. The summed E-state index contributed by atoms with van der Waals surface area (Å²) >= 11 is 3.41. The maximum Gasteiger partial charge on any atom is 0.212 e. The van der Waals surface area contributed by atoms with Crippen LogP contribution in [0.4, 0.5) is 0 Å². The van der Waals surface area contributed by atoms with Crippen LogP contribution in [0.2, 0.25) is 0 Å². The molecule has 0 saturated heterocycles. The molecule has 0 saturated carbocycles. The molecular weight excluding hydrogens is 268 g/mol. The fraction of sp³-hybridized carbons (Fsp3) is 0.417. The maximum absolute atomic E-state index is 6.08. The van der Waals surface area contributed by atoms with E-state index in [1.165, 1.54) is 0 Å². The van der Waals surface area contributed by atoms with Gasteiger partial charge in [-0.2, -0.15) is 0 Å². The second-order valence-corrected chi connectivity index (χ2v) is 4.99. The Balaban J connectivity index is 2.39. The second kappa shape index (κ2) is 4.55. The molecule has 0 bridgehead atoms. The van der Waals surface area contributed by atoms with Crippen molar-refractivity contribution in [2.75, 3.05) is 0 Å². The summed E-state index contributed by atoms with van der Waals surface area (Å²) in [6, 6.07) is 5.65. The van der Waals surface area contributed by atoms with Gasteiger partial charge in [0.1, 0.15) is 5.52 Å². The van der Waals surface area contributed by atoms with Crippen molar-refractivity contribution in [3.63, 3.8) is 0 Å². The lowest BCUT2D eigenvalue weighted by Crippen LogP contribution is -2.18. The Morgan fingerprint density at radius 1 is 1.50 bits per heavy atom. The number of hydrogen-bond donors (Lipinski definition) is 1. The summed E-state index contributed by atoms with van der Waals surface area (Å²) in [5, 5.41) is 0. The average molecular weight is 283 g/mol. The molecule has 2 unspecified atom stereocenters. The predicted molar refractivity (Wildman–Crippen MR) is 68.1 cm³/mol. The van der Waals surface area contributed by atoms with Gasteiger partial charge in [-0.15, -0.1) is 0 Å². The fourth-order valence-corrected chi connectivity index (χ4v) is 1.91. The Morgan fingerprint density at radius 2 is 2.25 bits per heavy atom. The van der Waals surface area contributed by atoms with E-state index in [9.17, 15) is 0 Å². The molecule has 0 fully saturated rings. The van der Waals surface area contributed by atoms with Crippen molar-refractivity contribution in [2.45, 2.75) is 26.3 Å². The molecule has 0 radical (unpaired) electrons. The first-order valence-electron chi connectivity index (χ1n) is 5.43. The van der Waals surface area contributed by atoms with Gasteiger partial charge in [-0.05, 0) is 24.1 Å². The maximum atomic E-state index is 6.08. The fourth-order valence-electron chi connectivity index (χ4n) is 1.56. The summed E-state index contributed by atoms with van der Waals surface area (Å²) in [6.07, 6.45) is 1.02. The molecular formula is C12H15BrN2O. The summed E-state index contributed by atoms with van der Waals surface area (Å²) in [4.78, 5) is 4.42. The molecule has 86 valence electrons. The number of fused-ring (bicyclic) bond motifs is 1. The van der Waals surface area contributed by atoms with Crippen LogP contribution in [-0.2, 0) is 0 Å². The number of hydrogen-bond acceptors (Lipinski definition) is 3. The first-order valence-corrected chi connectivity index (χ1v) is 6.22. The highest BCUT2D eigenvalue weighted by atomic mass is 79.9. The molecule has 4 heteroatoms. The number of halogens is 1. The highest BCUT2D eigenvalue weighted by molar-refractivity contribution is 9.10. The Bertz CT molecular complexity index is 495. The first kappa shape index (κ1) is 11.6. The highest BCUT2D eigenvalue weighted by Crippen LogP contribution is 2.26. The van der Waals surface area contributed by atoms with Crippen molar-refractivity contribution in [1.29, 1.82) is 0 Å². The zero-order valence-corrected chi connectivity index (χ0v) is 11.0. The predicted octanol–water partition coefficient (Wildman–Crippen LogP) is 3.64.